The van der Waals surface area contributed by atoms with Gasteiger partial charge in [-0.15, -0.1) is 6.58 Å². The normalized spacial score (nSPS) is 17.2. The van der Waals surface area contributed by atoms with E-state index in [4.69, 9.17) is 10.5 Å². The molecule has 0 bridgehead atoms. The van der Waals surface area contributed by atoms with Crippen LogP contribution < -0.4 is 5.73 Å². The summed E-state index contributed by atoms with van der Waals surface area (Å²) in [5.74, 6) is -0.541. The first-order valence-corrected chi connectivity index (χ1v) is 10.3. The average molecular weight is 421 g/mol. The molecular weight excluding hydrogens is 392 g/mol. The lowest BCUT2D eigenvalue weighted by atomic mass is 9.77. The van der Waals surface area contributed by atoms with E-state index in [1.54, 1.807) is 42.5 Å². The zero-order valence-corrected chi connectivity index (χ0v) is 17.9. The molecule has 1 aliphatic rings. The smallest absolute Gasteiger partial charge is 0.417 e. The van der Waals surface area contributed by atoms with Gasteiger partial charge in [0.2, 0.25) is 5.91 Å². The number of ether oxygens (including phenoxy) is 1. The van der Waals surface area contributed by atoms with Gasteiger partial charge in [-0.05, 0) is 18.4 Å². The van der Waals surface area contributed by atoms with Gasteiger partial charge in [-0.25, -0.2) is 9.69 Å². The van der Waals surface area contributed by atoms with Gasteiger partial charge in [0.25, 0.3) is 0 Å². The highest BCUT2D eigenvalue weighted by molar-refractivity contribution is 6.09. The predicted octanol–water partition coefficient (Wildman–Crippen LogP) is 3.84. The molecule has 2 atom stereocenters. The summed E-state index contributed by atoms with van der Waals surface area (Å²) >= 11 is 0. The third-order valence-corrected chi connectivity index (χ3v) is 5.87. The summed E-state index contributed by atoms with van der Waals surface area (Å²) in [6.07, 6.45) is 2.34. The Morgan fingerprint density at radius 3 is 2.39 bits per heavy atom. The highest BCUT2D eigenvalue weighted by Crippen LogP contribution is 2.30. The van der Waals surface area contributed by atoms with E-state index < -0.39 is 23.5 Å². The Balaban J connectivity index is 1.78. The molecule has 2 amide bonds. The van der Waals surface area contributed by atoms with E-state index in [0.717, 1.165) is 10.5 Å². The molecule has 1 aliphatic heterocycles. The maximum absolute atomic E-state index is 13.1. The first kappa shape index (κ1) is 22.4. The second-order valence-electron chi connectivity index (χ2n) is 8.28. The minimum Gasteiger partial charge on any atom is -0.447 e. The Labute approximate surface area is 182 Å². The first-order valence-electron chi connectivity index (χ1n) is 10.3. The molecule has 6 nitrogen and oxygen atoms in total. The summed E-state index contributed by atoms with van der Waals surface area (Å²) in [7, 11) is 0. The number of cyclic esters (lactones) is 1. The standard InChI is InChI=1S/C25H28N2O4/c1-4-5-11-20-16-31-24(30)27(20)23(29)22(26)25(2,3)19-14-12-18(13-15-19)21(28)17-9-7-6-8-10-17/h4,6-10,12-15,20,22H,1,5,11,16,26H2,2-3H3/t20-,22+/m0/s1. The predicted molar refractivity (Wildman–Crippen MR) is 119 cm³/mol. The zero-order valence-electron chi connectivity index (χ0n) is 17.9. The van der Waals surface area contributed by atoms with E-state index in [9.17, 15) is 14.4 Å². The van der Waals surface area contributed by atoms with Crippen LogP contribution in [0.25, 0.3) is 0 Å². The highest BCUT2D eigenvalue weighted by Gasteiger charge is 2.44. The van der Waals surface area contributed by atoms with Crippen molar-refractivity contribution in [3.05, 3.63) is 83.9 Å². The third-order valence-electron chi connectivity index (χ3n) is 5.87. The summed E-state index contributed by atoms with van der Waals surface area (Å²) in [5, 5.41) is 0. The van der Waals surface area contributed by atoms with Crippen molar-refractivity contribution in [1.82, 2.24) is 4.90 Å². The molecule has 0 unspecified atom stereocenters. The molecule has 0 aromatic heterocycles. The fourth-order valence-corrected chi connectivity index (χ4v) is 3.70. The molecule has 2 aromatic carbocycles. The molecule has 0 spiro atoms. The van der Waals surface area contributed by atoms with E-state index in [1.807, 2.05) is 32.0 Å². The number of nitrogens with two attached hydrogens (primary N) is 1. The summed E-state index contributed by atoms with van der Waals surface area (Å²) < 4.78 is 5.09. The Hall–Kier alpha value is -3.25. The number of benzene rings is 2. The van der Waals surface area contributed by atoms with Gasteiger partial charge in [0.05, 0.1) is 12.1 Å². The number of nitrogens with zero attached hydrogens (tertiary/aromatic N) is 1. The summed E-state index contributed by atoms with van der Waals surface area (Å²) in [6, 6.07) is 14.8. The second-order valence-corrected chi connectivity index (χ2v) is 8.28. The topological polar surface area (TPSA) is 89.7 Å². The Bertz CT molecular complexity index is 967. The molecule has 2 aromatic rings. The molecule has 6 heteroatoms. The van der Waals surface area contributed by atoms with E-state index in [1.165, 1.54) is 0 Å². The van der Waals surface area contributed by atoms with Crippen molar-refractivity contribution < 1.29 is 19.1 Å². The molecule has 31 heavy (non-hydrogen) atoms. The van der Waals surface area contributed by atoms with Gasteiger partial charge in [-0.3, -0.25) is 9.59 Å². The molecule has 0 radical (unpaired) electrons. The van der Waals surface area contributed by atoms with Crippen LogP contribution in [0.2, 0.25) is 0 Å². The lowest BCUT2D eigenvalue weighted by Crippen LogP contribution is -2.55. The number of ketones is 1. The largest absolute Gasteiger partial charge is 0.447 e. The lowest BCUT2D eigenvalue weighted by Gasteiger charge is -2.34. The van der Waals surface area contributed by atoms with Crippen LogP contribution >= 0.6 is 0 Å². The minimum absolute atomic E-state index is 0.0739. The lowest BCUT2D eigenvalue weighted by molar-refractivity contribution is -0.132. The van der Waals surface area contributed by atoms with Crippen molar-refractivity contribution in [2.45, 2.75) is 44.2 Å². The highest BCUT2D eigenvalue weighted by atomic mass is 16.6. The molecule has 1 saturated heterocycles. The summed E-state index contributed by atoms with van der Waals surface area (Å²) in [5.41, 5.74) is 7.56. The van der Waals surface area contributed by atoms with Gasteiger partial charge >= 0.3 is 6.09 Å². The number of amides is 2. The van der Waals surface area contributed by atoms with Crippen LogP contribution in [-0.2, 0) is 14.9 Å². The van der Waals surface area contributed by atoms with Crippen molar-refractivity contribution in [2.24, 2.45) is 5.73 Å². The summed E-state index contributed by atoms with van der Waals surface area (Å²) in [4.78, 5) is 39.1. The molecule has 162 valence electrons. The van der Waals surface area contributed by atoms with Gasteiger partial charge in [0.1, 0.15) is 6.61 Å². The number of hydrogen-bond donors (Lipinski definition) is 1. The number of carbonyl (C=O) groups is 3. The fourth-order valence-electron chi connectivity index (χ4n) is 3.70. The van der Waals surface area contributed by atoms with Crippen LogP contribution in [0.4, 0.5) is 4.79 Å². The molecule has 1 heterocycles. The number of imide groups is 1. The maximum Gasteiger partial charge on any atom is 0.417 e. The number of rotatable bonds is 8. The van der Waals surface area contributed by atoms with Gasteiger partial charge in [-0.2, -0.15) is 0 Å². The SMILES string of the molecule is C=CCC[C@H]1COC(=O)N1C(=O)[C@@H](N)C(C)(C)c1ccc(C(=O)c2ccccc2)cc1. The quantitative estimate of drug-likeness (QED) is 0.518. The van der Waals surface area contributed by atoms with E-state index in [2.05, 4.69) is 6.58 Å². The Morgan fingerprint density at radius 2 is 1.77 bits per heavy atom. The van der Waals surface area contributed by atoms with Gasteiger partial charge < -0.3 is 10.5 Å². The fraction of sp³-hybridized carbons (Fsp3) is 0.320. The van der Waals surface area contributed by atoms with Crippen LogP contribution in [0, 0.1) is 0 Å². The number of allylic oxidation sites excluding steroid dienone is 1. The zero-order chi connectivity index (χ0) is 22.6. The summed E-state index contributed by atoms with van der Waals surface area (Å²) in [6.45, 7) is 7.56. The van der Waals surface area contributed by atoms with Crippen molar-refractivity contribution in [3.63, 3.8) is 0 Å². The third kappa shape index (κ3) is 4.59. The monoisotopic (exact) mass is 420 g/mol. The van der Waals surface area contributed by atoms with Crippen molar-refractivity contribution >= 4 is 17.8 Å². The van der Waals surface area contributed by atoms with Gasteiger partial charge in [0, 0.05) is 16.5 Å². The maximum atomic E-state index is 13.1. The van der Waals surface area contributed by atoms with E-state index in [0.29, 0.717) is 24.0 Å². The van der Waals surface area contributed by atoms with Crippen LogP contribution in [0.1, 0.15) is 48.2 Å². The molecule has 2 N–H and O–H groups in total. The molecule has 0 aliphatic carbocycles. The van der Waals surface area contributed by atoms with E-state index in [-0.39, 0.29) is 18.4 Å². The first-order chi connectivity index (χ1) is 14.8. The van der Waals surface area contributed by atoms with Crippen LogP contribution in [0.5, 0.6) is 0 Å². The second kappa shape index (κ2) is 9.27. The van der Waals surface area contributed by atoms with Crippen LogP contribution in [-0.4, -0.2) is 41.4 Å². The molecule has 3 rings (SSSR count). The van der Waals surface area contributed by atoms with Crippen molar-refractivity contribution in [1.29, 1.82) is 0 Å². The Morgan fingerprint density at radius 1 is 1.16 bits per heavy atom. The molecule has 0 saturated carbocycles. The van der Waals surface area contributed by atoms with Gasteiger partial charge in [0.15, 0.2) is 5.78 Å². The average Bonchev–Trinajstić information content (AvgIpc) is 3.16. The van der Waals surface area contributed by atoms with E-state index >= 15 is 0 Å². The van der Waals surface area contributed by atoms with Crippen LogP contribution in [0.3, 0.4) is 0 Å². The molecular formula is C25H28N2O4. The Kier molecular flexibility index (Phi) is 6.71. The molecule has 1 fully saturated rings. The van der Waals surface area contributed by atoms with Gasteiger partial charge in [-0.1, -0.05) is 74.5 Å². The minimum atomic E-state index is -0.958. The van der Waals surface area contributed by atoms with Crippen LogP contribution in [0.15, 0.2) is 67.3 Å². The number of carbonyl (C=O) groups excluding carboxylic acids is 3. The van der Waals surface area contributed by atoms with Crippen molar-refractivity contribution in [2.75, 3.05) is 6.61 Å². The number of hydrogen-bond acceptors (Lipinski definition) is 5. The van der Waals surface area contributed by atoms with Crippen molar-refractivity contribution in [3.8, 4) is 0 Å².